The van der Waals surface area contributed by atoms with Gasteiger partial charge in [0.1, 0.15) is 11.6 Å². The Morgan fingerprint density at radius 2 is 2.05 bits per heavy atom. The summed E-state index contributed by atoms with van der Waals surface area (Å²) in [4.78, 5) is 12.2. The van der Waals surface area contributed by atoms with Crippen molar-refractivity contribution in [3.05, 3.63) is 58.3 Å². The van der Waals surface area contributed by atoms with Gasteiger partial charge in [-0.1, -0.05) is 12.1 Å². The lowest BCUT2D eigenvalue weighted by Crippen LogP contribution is -2.14. The van der Waals surface area contributed by atoms with Crippen LogP contribution in [0.3, 0.4) is 0 Å². The van der Waals surface area contributed by atoms with E-state index in [0.717, 1.165) is 0 Å². The topological polar surface area (TPSA) is 38.3 Å². The number of halogens is 2. The number of hydrogen-bond donors (Lipinski definition) is 1. The average Bonchev–Trinajstić information content (AvgIpc) is 2.43. The summed E-state index contributed by atoms with van der Waals surface area (Å²) in [6.07, 6.45) is 0. The van der Waals surface area contributed by atoms with Crippen LogP contribution >= 0.6 is 15.9 Å². The summed E-state index contributed by atoms with van der Waals surface area (Å²) >= 11 is 3.21. The van der Waals surface area contributed by atoms with Gasteiger partial charge in [0.25, 0.3) is 5.91 Å². The number of anilines is 1. The molecule has 0 aromatic heterocycles. The predicted octanol–water partition coefficient (Wildman–Crippen LogP) is 4.24. The van der Waals surface area contributed by atoms with Gasteiger partial charge in [-0.2, -0.15) is 0 Å². The molecular weight excluding hydrogens is 325 g/mol. The molecule has 0 aliphatic carbocycles. The molecule has 0 heterocycles. The van der Waals surface area contributed by atoms with Gasteiger partial charge in [-0.15, -0.1) is 0 Å². The van der Waals surface area contributed by atoms with Gasteiger partial charge in [0.2, 0.25) is 0 Å². The zero-order valence-electron chi connectivity index (χ0n) is 10.8. The summed E-state index contributed by atoms with van der Waals surface area (Å²) < 4.78 is 18.9. The molecule has 2 rings (SSSR count). The van der Waals surface area contributed by atoms with Crippen molar-refractivity contribution in [1.29, 1.82) is 0 Å². The van der Waals surface area contributed by atoms with Gasteiger partial charge in [-0.05, 0) is 53.2 Å². The van der Waals surface area contributed by atoms with Gasteiger partial charge in [0.15, 0.2) is 0 Å². The molecular formula is C15H13BrFNO2. The Morgan fingerprint density at radius 1 is 1.30 bits per heavy atom. The molecule has 0 aliphatic rings. The maximum absolute atomic E-state index is 13.0. The lowest BCUT2D eigenvalue weighted by Gasteiger charge is -2.11. The third kappa shape index (κ3) is 3.36. The Morgan fingerprint density at radius 3 is 2.75 bits per heavy atom. The second kappa shape index (κ2) is 6.52. The summed E-state index contributed by atoms with van der Waals surface area (Å²) in [6, 6.07) is 11.1. The first-order valence-electron chi connectivity index (χ1n) is 6.10. The van der Waals surface area contributed by atoms with Crippen LogP contribution in [0, 0.1) is 5.82 Å². The van der Waals surface area contributed by atoms with Crippen LogP contribution in [0.15, 0.2) is 46.9 Å². The fraction of sp³-hybridized carbons (Fsp3) is 0.133. The van der Waals surface area contributed by atoms with E-state index in [-0.39, 0.29) is 11.7 Å². The van der Waals surface area contributed by atoms with Crippen LogP contribution in [0.4, 0.5) is 10.1 Å². The predicted molar refractivity (Wildman–Crippen MR) is 79.7 cm³/mol. The van der Waals surface area contributed by atoms with Crippen LogP contribution in [0.25, 0.3) is 0 Å². The van der Waals surface area contributed by atoms with Gasteiger partial charge >= 0.3 is 0 Å². The first-order valence-corrected chi connectivity index (χ1v) is 6.89. The van der Waals surface area contributed by atoms with Crippen LogP contribution < -0.4 is 10.1 Å². The maximum atomic E-state index is 13.0. The van der Waals surface area contributed by atoms with E-state index in [1.165, 1.54) is 18.2 Å². The number of benzene rings is 2. The van der Waals surface area contributed by atoms with Crippen molar-refractivity contribution >= 4 is 27.5 Å². The van der Waals surface area contributed by atoms with Crippen molar-refractivity contribution in [2.45, 2.75) is 6.92 Å². The van der Waals surface area contributed by atoms with E-state index < -0.39 is 0 Å². The zero-order chi connectivity index (χ0) is 14.5. The Labute approximate surface area is 124 Å². The third-order valence-corrected chi connectivity index (χ3v) is 3.27. The van der Waals surface area contributed by atoms with Crippen LogP contribution in [-0.2, 0) is 0 Å². The summed E-state index contributed by atoms with van der Waals surface area (Å²) in [7, 11) is 0. The smallest absolute Gasteiger partial charge is 0.259 e. The number of carbonyl (C=O) groups is 1. The largest absolute Gasteiger partial charge is 0.493 e. The van der Waals surface area contributed by atoms with Crippen molar-refractivity contribution in [3.63, 3.8) is 0 Å². The van der Waals surface area contributed by atoms with E-state index in [0.29, 0.717) is 28.1 Å². The number of para-hydroxylation sites is 1. The summed E-state index contributed by atoms with van der Waals surface area (Å²) in [5.41, 5.74) is 0.938. The molecule has 5 heteroatoms. The van der Waals surface area contributed by atoms with Crippen LogP contribution in [-0.4, -0.2) is 12.5 Å². The average molecular weight is 338 g/mol. The SMILES string of the molecule is CCOc1ccccc1C(=O)Nc1ccc(F)cc1Br. The highest BCUT2D eigenvalue weighted by Gasteiger charge is 2.13. The van der Waals surface area contributed by atoms with Crippen molar-refractivity contribution in [3.8, 4) is 5.75 Å². The molecule has 104 valence electrons. The van der Waals surface area contributed by atoms with Crippen molar-refractivity contribution in [2.24, 2.45) is 0 Å². The number of nitrogens with one attached hydrogen (secondary N) is 1. The van der Waals surface area contributed by atoms with E-state index in [4.69, 9.17) is 4.74 Å². The number of carbonyl (C=O) groups excluding carboxylic acids is 1. The Balaban J connectivity index is 2.24. The zero-order valence-corrected chi connectivity index (χ0v) is 12.4. The number of amides is 1. The molecule has 2 aromatic carbocycles. The van der Waals surface area contributed by atoms with Gasteiger partial charge in [-0.25, -0.2) is 4.39 Å². The molecule has 0 saturated carbocycles. The number of rotatable bonds is 4. The van der Waals surface area contributed by atoms with Gasteiger partial charge < -0.3 is 10.1 Å². The molecule has 0 radical (unpaired) electrons. The van der Waals surface area contributed by atoms with Crippen LogP contribution in [0.2, 0.25) is 0 Å². The van der Waals surface area contributed by atoms with Gasteiger partial charge in [-0.3, -0.25) is 4.79 Å². The maximum Gasteiger partial charge on any atom is 0.259 e. The fourth-order valence-corrected chi connectivity index (χ4v) is 2.17. The Bertz CT molecular complexity index is 631. The summed E-state index contributed by atoms with van der Waals surface area (Å²) in [5.74, 6) is -0.156. The molecule has 20 heavy (non-hydrogen) atoms. The molecule has 0 fully saturated rings. The molecule has 0 unspecified atom stereocenters. The molecule has 0 atom stereocenters. The van der Waals surface area contributed by atoms with E-state index in [2.05, 4.69) is 21.2 Å². The molecule has 3 nitrogen and oxygen atoms in total. The minimum atomic E-state index is -0.371. The summed E-state index contributed by atoms with van der Waals surface area (Å²) in [5, 5.41) is 2.72. The van der Waals surface area contributed by atoms with Crippen molar-refractivity contribution in [2.75, 3.05) is 11.9 Å². The first-order chi connectivity index (χ1) is 9.61. The Hall–Kier alpha value is -1.88. The molecule has 0 aliphatic heterocycles. The molecule has 0 bridgehead atoms. The minimum Gasteiger partial charge on any atom is -0.493 e. The van der Waals surface area contributed by atoms with E-state index in [1.54, 1.807) is 24.3 Å². The van der Waals surface area contributed by atoms with Crippen molar-refractivity contribution < 1.29 is 13.9 Å². The number of hydrogen-bond acceptors (Lipinski definition) is 2. The first kappa shape index (κ1) is 14.5. The normalized spacial score (nSPS) is 10.2. The molecule has 2 aromatic rings. The minimum absolute atomic E-state index is 0.304. The molecule has 1 N–H and O–H groups in total. The fourth-order valence-electron chi connectivity index (χ4n) is 1.72. The van der Waals surface area contributed by atoms with Crippen LogP contribution in [0.5, 0.6) is 5.75 Å². The van der Waals surface area contributed by atoms with Gasteiger partial charge in [0.05, 0.1) is 17.9 Å². The monoisotopic (exact) mass is 337 g/mol. The second-order valence-electron chi connectivity index (χ2n) is 4.01. The lowest BCUT2D eigenvalue weighted by atomic mass is 10.2. The molecule has 1 amide bonds. The quantitative estimate of drug-likeness (QED) is 0.906. The van der Waals surface area contributed by atoms with Crippen LogP contribution in [0.1, 0.15) is 17.3 Å². The van der Waals surface area contributed by atoms with Gasteiger partial charge in [0, 0.05) is 4.47 Å². The third-order valence-electron chi connectivity index (χ3n) is 2.61. The standard InChI is InChI=1S/C15H13BrFNO2/c1-2-20-14-6-4-3-5-11(14)15(19)18-13-8-7-10(17)9-12(13)16/h3-9H,2H2,1H3,(H,18,19). The molecule has 0 spiro atoms. The second-order valence-corrected chi connectivity index (χ2v) is 4.86. The lowest BCUT2D eigenvalue weighted by molar-refractivity contribution is 0.102. The van der Waals surface area contributed by atoms with E-state index in [1.807, 2.05) is 6.92 Å². The highest BCUT2D eigenvalue weighted by molar-refractivity contribution is 9.10. The van der Waals surface area contributed by atoms with E-state index in [9.17, 15) is 9.18 Å². The highest BCUT2D eigenvalue weighted by atomic mass is 79.9. The Kier molecular flexibility index (Phi) is 4.74. The van der Waals surface area contributed by atoms with Crippen molar-refractivity contribution in [1.82, 2.24) is 0 Å². The van der Waals surface area contributed by atoms with E-state index >= 15 is 0 Å². The molecule has 0 saturated heterocycles. The highest BCUT2D eigenvalue weighted by Crippen LogP contribution is 2.25. The number of ether oxygens (including phenoxy) is 1. The summed E-state index contributed by atoms with van der Waals surface area (Å²) in [6.45, 7) is 2.33.